The maximum atomic E-state index is 10.6. The van der Waals surface area contributed by atoms with E-state index >= 15 is 0 Å². The second-order valence-corrected chi connectivity index (χ2v) is 16.3. The molecule has 186 valence electrons. The fraction of sp³-hybridized carbons (Fsp3) is 0.778. The van der Waals surface area contributed by atoms with Gasteiger partial charge in [0, 0.05) is 19.1 Å². The lowest BCUT2D eigenvalue weighted by Crippen LogP contribution is -2.48. The van der Waals surface area contributed by atoms with Crippen LogP contribution >= 0.6 is 0 Å². The summed E-state index contributed by atoms with van der Waals surface area (Å²) in [6, 6.07) is 9.96. The standard InChI is InChI=1S/C27H50O4Si/c1-20(2)32(21(3)4,22(5)6)31-17-24(8)14-23(7)15-26(16-28)27(29)19-30-18-25-12-10-9-11-13-25/h9-13,20-24,26-29H,14-19H2,1-8H3/t23-,24+,26-,27+/m1/s1. The minimum atomic E-state index is -1.84. The van der Waals surface area contributed by atoms with Crippen LogP contribution in [0.15, 0.2) is 30.3 Å². The molecule has 0 spiro atoms. The van der Waals surface area contributed by atoms with Gasteiger partial charge in [-0.15, -0.1) is 0 Å². The van der Waals surface area contributed by atoms with Crippen LogP contribution in [0, 0.1) is 17.8 Å². The van der Waals surface area contributed by atoms with Gasteiger partial charge >= 0.3 is 0 Å². The first-order valence-corrected chi connectivity index (χ1v) is 14.7. The Morgan fingerprint density at radius 3 is 1.84 bits per heavy atom. The average Bonchev–Trinajstić information content (AvgIpc) is 2.72. The zero-order valence-electron chi connectivity index (χ0n) is 21.9. The van der Waals surface area contributed by atoms with Crippen LogP contribution < -0.4 is 0 Å². The third-order valence-corrected chi connectivity index (χ3v) is 13.1. The molecule has 1 rings (SSSR count). The molecule has 2 N–H and O–H groups in total. The SMILES string of the molecule is CC(C)[Si](OC[C@@H](C)C[C@@H](C)C[C@H](CO)[C@@H](O)COCc1ccccc1)(C(C)C)C(C)C. The summed E-state index contributed by atoms with van der Waals surface area (Å²) in [5, 5.41) is 20.4. The zero-order chi connectivity index (χ0) is 24.3. The van der Waals surface area contributed by atoms with Crippen LogP contribution in [0.3, 0.4) is 0 Å². The predicted octanol–water partition coefficient (Wildman–Crippen LogP) is 6.42. The summed E-state index contributed by atoms with van der Waals surface area (Å²) in [5.74, 6) is 0.700. The Hall–Kier alpha value is -0.723. The quantitative estimate of drug-likeness (QED) is 0.276. The van der Waals surface area contributed by atoms with E-state index in [2.05, 4.69) is 55.4 Å². The number of hydrogen-bond donors (Lipinski definition) is 2. The van der Waals surface area contributed by atoms with E-state index in [1.165, 1.54) is 0 Å². The van der Waals surface area contributed by atoms with E-state index in [0.717, 1.165) is 25.0 Å². The maximum absolute atomic E-state index is 10.6. The maximum Gasteiger partial charge on any atom is 0.200 e. The Balaban J connectivity index is 2.50. The van der Waals surface area contributed by atoms with Gasteiger partial charge in [0.05, 0.1) is 19.3 Å². The normalized spacial score (nSPS) is 16.5. The second kappa shape index (κ2) is 14.5. The molecule has 1 aromatic carbocycles. The van der Waals surface area contributed by atoms with Crippen molar-refractivity contribution in [1.29, 1.82) is 0 Å². The summed E-state index contributed by atoms with van der Waals surface area (Å²) >= 11 is 0. The van der Waals surface area contributed by atoms with Gasteiger partial charge in [0.25, 0.3) is 0 Å². The molecule has 5 heteroatoms. The lowest BCUT2D eigenvalue weighted by atomic mass is 9.87. The lowest BCUT2D eigenvalue weighted by molar-refractivity contribution is -0.0231. The van der Waals surface area contributed by atoms with E-state index in [-0.39, 0.29) is 19.1 Å². The zero-order valence-corrected chi connectivity index (χ0v) is 22.9. The Kier molecular flexibility index (Phi) is 13.3. The number of hydrogen-bond acceptors (Lipinski definition) is 4. The summed E-state index contributed by atoms with van der Waals surface area (Å²) < 4.78 is 12.5. The van der Waals surface area contributed by atoms with Gasteiger partial charge in [-0.05, 0) is 46.9 Å². The van der Waals surface area contributed by atoms with Crippen molar-refractivity contribution in [3.8, 4) is 0 Å². The van der Waals surface area contributed by atoms with Gasteiger partial charge in [-0.3, -0.25) is 0 Å². The molecule has 0 aromatic heterocycles. The first-order chi connectivity index (χ1) is 15.0. The van der Waals surface area contributed by atoms with Crippen molar-refractivity contribution < 1.29 is 19.4 Å². The highest BCUT2D eigenvalue weighted by atomic mass is 28.4. The van der Waals surface area contributed by atoms with Crippen molar-refractivity contribution in [3.63, 3.8) is 0 Å². The monoisotopic (exact) mass is 466 g/mol. The summed E-state index contributed by atoms with van der Waals surface area (Å²) in [4.78, 5) is 0. The van der Waals surface area contributed by atoms with Crippen molar-refractivity contribution in [2.45, 2.75) is 97.6 Å². The molecule has 0 heterocycles. The highest BCUT2D eigenvalue weighted by Crippen LogP contribution is 2.42. The van der Waals surface area contributed by atoms with Crippen LogP contribution in [0.1, 0.15) is 73.8 Å². The molecule has 1 aromatic rings. The summed E-state index contributed by atoms with van der Waals surface area (Å²) in [6.45, 7) is 20.0. The highest BCUT2D eigenvalue weighted by Gasteiger charge is 2.45. The van der Waals surface area contributed by atoms with E-state index in [1.54, 1.807) is 0 Å². The Labute approximate surface area is 198 Å². The first kappa shape index (κ1) is 29.3. The van der Waals surface area contributed by atoms with E-state index in [0.29, 0.717) is 35.1 Å². The Bertz CT molecular complexity index is 583. The molecular formula is C27H50O4Si. The van der Waals surface area contributed by atoms with E-state index in [9.17, 15) is 10.2 Å². The van der Waals surface area contributed by atoms with Gasteiger partial charge in [-0.1, -0.05) is 85.7 Å². The number of aliphatic hydroxyl groups excluding tert-OH is 2. The minimum Gasteiger partial charge on any atom is -0.416 e. The van der Waals surface area contributed by atoms with Crippen molar-refractivity contribution >= 4 is 8.32 Å². The molecule has 0 radical (unpaired) electrons. The van der Waals surface area contributed by atoms with Crippen molar-refractivity contribution in [2.24, 2.45) is 17.8 Å². The van der Waals surface area contributed by atoms with Gasteiger partial charge in [-0.2, -0.15) is 0 Å². The third kappa shape index (κ3) is 8.90. The number of benzene rings is 1. The van der Waals surface area contributed by atoms with Crippen molar-refractivity contribution in [1.82, 2.24) is 0 Å². The fourth-order valence-electron chi connectivity index (χ4n) is 5.52. The molecule has 0 bridgehead atoms. The summed E-state index contributed by atoms with van der Waals surface area (Å²) in [7, 11) is -1.84. The smallest absolute Gasteiger partial charge is 0.200 e. The fourth-order valence-corrected chi connectivity index (χ4v) is 11.1. The molecule has 0 aliphatic heterocycles. The van der Waals surface area contributed by atoms with Gasteiger partial charge in [-0.25, -0.2) is 0 Å². The second-order valence-electron chi connectivity index (χ2n) is 10.8. The van der Waals surface area contributed by atoms with Crippen LogP contribution in [0.4, 0.5) is 0 Å². The molecule has 0 amide bonds. The van der Waals surface area contributed by atoms with Gasteiger partial charge in [0.2, 0.25) is 0 Å². The topological polar surface area (TPSA) is 58.9 Å². The molecule has 0 saturated heterocycles. The van der Waals surface area contributed by atoms with Crippen molar-refractivity contribution in [3.05, 3.63) is 35.9 Å². The van der Waals surface area contributed by atoms with Crippen LogP contribution in [-0.4, -0.2) is 44.5 Å². The van der Waals surface area contributed by atoms with E-state index in [4.69, 9.17) is 9.16 Å². The largest absolute Gasteiger partial charge is 0.416 e. The molecule has 0 saturated carbocycles. The van der Waals surface area contributed by atoms with Crippen LogP contribution in [-0.2, 0) is 15.8 Å². The molecule has 0 unspecified atom stereocenters. The predicted molar refractivity (Wildman–Crippen MR) is 137 cm³/mol. The molecule has 4 nitrogen and oxygen atoms in total. The molecule has 0 aliphatic carbocycles. The van der Waals surface area contributed by atoms with Crippen LogP contribution in [0.5, 0.6) is 0 Å². The molecule has 32 heavy (non-hydrogen) atoms. The number of rotatable bonds is 16. The summed E-state index contributed by atoms with van der Waals surface area (Å²) in [6.07, 6.45) is 1.17. The number of aliphatic hydroxyl groups is 2. The molecular weight excluding hydrogens is 416 g/mol. The van der Waals surface area contributed by atoms with E-state index < -0.39 is 14.4 Å². The Morgan fingerprint density at radius 1 is 0.781 bits per heavy atom. The van der Waals surface area contributed by atoms with Gasteiger partial charge < -0.3 is 19.4 Å². The third-order valence-electron chi connectivity index (χ3n) is 7.01. The first-order valence-electron chi connectivity index (χ1n) is 12.6. The minimum absolute atomic E-state index is 0.0187. The molecule has 4 atom stereocenters. The van der Waals surface area contributed by atoms with Crippen molar-refractivity contribution in [2.75, 3.05) is 19.8 Å². The average molecular weight is 467 g/mol. The van der Waals surface area contributed by atoms with Gasteiger partial charge in [0.1, 0.15) is 0 Å². The van der Waals surface area contributed by atoms with Crippen LogP contribution in [0.2, 0.25) is 16.6 Å². The molecule has 0 fully saturated rings. The van der Waals surface area contributed by atoms with Gasteiger partial charge in [0.15, 0.2) is 8.32 Å². The van der Waals surface area contributed by atoms with Crippen LogP contribution in [0.25, 0.3) is 0 Å². The van der Waals surface area contributed by atoms with E-state index in [1.807, 2.05) is 30.3 Å². The molecule has 0 aliphatic rings. The Morgan fingerprint density at radius 2 is 1.34 bits per heavy atom. The highest BCUT2D eigenvalue weighted by molar-refractivity contribution is 6.77. The lowest BCUT2D eigenvalue weighted by Gasteiger charge is -2.43. The number of ether oxygens (including phenoxy) is 1. The summed E-state index contributed by atoms with van der Waals surface area (Å²) in [5.41, 5.74) is 2.87.